The number of rotatable bonds is 7. The van der Waals surface area contributed by atoms with Crippen molar-refractivity contribution in [2.75, 3.05) is 26.2 Å². The van der Waals surface area contributed by atoms with Crippen LogP contribution in [0.3, 0.4) is 0 Å². The van der Waals surface area contributed by atoms with Gasteiger partial charge in [0.2, 0.25) is 0 Å². The number of benzene rings is 1. The van der Waals surface area contributed by atoms with E-state index in [1.165, 1.54) is 12.8 Å². The zero-order chi connectivity index (χ0) is 20.2. The average molecular weight is 431 g/mol. The van der Waals surface area contributed by atoms with Gasteiger partial charge in [-0.25, -0.2) is 0 Å². The summed E-state index contributed by atoms with van der Waals surface area (Å²) < 4.78 is 6.84. The minimum Gasteiger partial charge on any atom is -0.451 e. The van der Waals surface area contributed by atoms with Gasteiger partial charge in [-0.2, -0.15) is 0 Å². The lowest BCUT2D eigenvalue weighted by Gasteiger charge is -2.30. The molecule has 2 aromatic heterocycles. The van der Waals surface area contributed by atoms with E-state index in [1.807, 2.05) is 31.2 Å². The first-order valence-electron chi connectivity index (χ1n) is 10.0. The summed E-state index contributed by atoms with van der Waals surface area (Å²) in [6.45, 7) is 8.00. The fourth-order valence-corrected chi connectivity index (χ4v) is 5.43. The van der Waals surface area contributed by atoms with Crippen molar-refractivity contribution in [2.45, 2.75) is 36.8 Å². The van der Waals surface area contributed by atoms with Gasteiger partial charge in [0.05, 0.1) is 0 Å². The number of fused-ring (bicyclic) bond motifs is 1. The summed E-state index contributed by atoms with van der Waals surface area (Å²) in [5, 5.41) is 13.2. The summed E-state index contributed by atoms with van der Waals surface area (Å²) in [6.07, 6.45) is 2.48. The Bertz CT molecular complexity index is 976. The Morgan fingerprint density at radius 3 is 2.86 bits per heavy atom. The lowest BCUT2D eigenvalue weighted by atomic mass is 9.99. The number of aryl methyl sites for hydroxylation is 1. The molecule has 0 radical (unpaired) electrons. The van der Waals surface area contributed by atoms with E-state index in [1.54, 1.807) is 23.1 Å². The van der Waals surface area contributed by atoms with Crippen molar-refractivity contribution >= 4 is 40.0 Å². The number of amides is 1. The van der Waals surface area contributed by atoms with Crippen LogP contribution in [0, 0.1) is 12.8 Å². The molecule has 1 fully saturated rings. The second kappa shape index (κ2) is 9.28. The molecule has 1 aliphatic rings. The van der Waals surface area contributed by atoms with E-state index in [0.29, 0.717) is 18.1 Å². The zero-order valence-corrected chi connectivity index (χ0v) is 18.4. The zero-order valence-electron chi connectivity index (χ0n) is 16.8. The fourth-order valence-electron chi connectivity index (χ4n) is 3.59. The molecule has 0 atom stereocenters. The van der Waals surface area contributed by atoms with E-state index < -0.39 is 0 Å². The van der Waals surface area contributed by atoms with Crippen LogP contribution in [0.4, 0.5) is 0 Å². The van der Waals surface area contributed by atoms with Gasteiger partial charge < -0.3 is 14.6 Å². The molecule has 1 saturated heterocycles. The minimum atomic E-state index is -0.143. The second-order valence-corrected chi connectivity index (χ2v) is 9.97. The third-order valence-corrected chi connectivity index (χ3v) is 7.34. The lowest BCUT2D eigenvalue weighted by molar-refractivity contribution is 0.0918. The Labute approximate surface area is 179 Å². The maximum absolute atomic E-state index is 12.9. The first kappa shape index (κ1) is 20.4. The molecule has 3 aromatic rings. The van der Waals surface area contributed by atoms with Crippen LogP contribution in [0.15, 0.2) is 33.0 Å². The Morgan fingerprint density at radius 1 is 1.31 bits per heavy atom. The van der Waals surface area contributed by atoms with Crippen LogP contribution in [-0.4, -0.2) is 47.2 Å². The van der Waals surface area contributed by atoms with E-state index in [0.717, 1.165) is 51.4 Å². The first-order chi connectivity index (χ1) is 14.1. The van der Waals surface area contributed by atoms with Gasteiger partial charge in [-0.1, -0.05) is 48.2 Å². The number of piperidine rings is 1. The summed E-state index contributed by atoms with van der Waals surface area (Å²) in [5.74, 6) is 1.70. The molecule has 0 bridgehead atoms. The first-order valence-corrected chi connectivity index (χ1v) is 11.8. The van der Waals surface area contributed by atoms with E-state index in [9.17, 15) is 4.79 Å². The van der Waals surface area contributed by atoms with Crippen molar-refractivity contribution in [1.82, 2.24) is 20.4 Å². The van der Waals surface area contributed by atoms with Gasteiger partial charge in [0.1, 0.15) is 10.6 Å². The Balaban J connectivity index is 1.43. The van der Waals surface area contributed by atoms with Crippen molar-refractivity contribution in [3.63, 3.8) is 0 Å². The highest BCUT2D eigenvalue weighted by molar-refractivity contribution is 8.00. The predicted molar refractivity (Wildman–Crippen MR) is 118 cm³/mol. The molecule has 0 spiro atoms. The lowest BCUT2D eigenvalue weighted by Crippen LogP contribution is -2.39. The number of aromatic nitrogens is 2. The number of likely N-dealkylation sites (tertiary alicyclic amines) is 1. The molecule has 0 unspecified atom stereocenters. The number of hydrogen-bond donors (Lipinski definition) is 1. The maximum Gasteiger partial charge on any atom is 0.287 e. The monoisotopic (exact) mass is 430 g/mol. The smallest absolute Gasteiger partial charge is 0.287 e. The standard InChI is InChI=1S/C21H26N4O2S2/c1-14-7-10-25(11-8-14)12-9-22-20(26)19-17(13-28-21-24-23-15(2)29-21)16-5-3-4-6-18(16)27-19/h3-6,14H,7-13H2,1-2H3,(H,22,26). The summed E-state index contributed by atoms with van der Waals surface area (Å²) in [4.78, 5) is 15.3. The van der Waals surface area contributed by atoms with Gasteiger partial charge in [-0.05, 0) is 44.8 Å². The van der Waals surface area contributed by atoms with Crippen LogP contribution in [0.2, 0.25) is 0 Å². The van der Waals surface area contributed by atoms with E-state index >= 15 is 0 Å². The molecule has 1 aromatic carbocycles. The number of thioether (sulfide) groups is 1. The Kier molecular flexibility index (Phi) is 6.52. The van der Waals surface area contributed by atoms with E-state index in [-0.39, 0.29) is 5.91 Å². The van der Waals surface area contributed by atoms with Crippen molar-refractivity contribution < 1.29 is 9.21 Å². The van der Waals surface area contributed by atoms with Crippen molar-refractivity contribution in [1.29, 1.82) is 0 Å². The molecule has 0 aliphatic carbocycles. The van der Waals surface area contributed by atoms with Crippen molar-refractivity contribution in [3.8, 4) is 0 Å². The SMILES string of the molecule is Cc1nnc(SCc2c(C(=O)NCCN3CCC(C)CC3)oc3ccccc23)s1. The van der Waals surface area contributed by atoms with Gasteiger partial charge in [0, 0.05) is 29.8 Å². The van der Waals surface area contributed by atoms with E-state index in [4.69, 9.17) is 4.42 Å². The van der Waals surface area contributed by atoms with Gasteiger partial charge in [0.15, 0.2) is 10.1 Å². The molecular formula is C21H26N4O2S2. The molecule has 8 heteroatoms. The van der Waals surface area contributed by atoms with Crippen molar-refractivity contribution in [3.05, 3.63) is 40.6 Å². The highest BCUT2D eigenvalue weighted by atomic mass is 32.2. The van der Waals surface area contributed by atoms with Crippen LogP contribution >= 0.6 is 23.1 Å². The van der Waals surface area contributed by atoms with Crippen LogP contribution in [0.1, 0.15) is 40.9 Å². The minimum absolute atomic E-state index is 0.143. The number of nitrogens with zero attached hydrogens (tertiary/aromatic N) is 3. The number of carbonyl (C=O) groups excluding carboxylic acids is 1. The summed E-state index contributed by atoms with van der Waals surface area (Å²) in [7, 11) is 0. The topological polar surface area (TPSA) is 71.3 Å². The molecule has 29 heavy (non-hydrogen) atoms. The molecule has 6 nitrogen and oxygen atoms in total. The number of furan rings is 1. The largest absolute Gasteiger partial charge is 0.451 e. The van der Waals surface area contributed by atoms with Gasteiger partial charge in [-0.15, -0.1) is 10.2 Å². The van der Waals surface area contributed by atoms with E-state index in [2.05, 4.69) is 27.3 Å². The predicted octanol–water partition coefficient (Wildman–Crippen LogP) is 4.35. The molecule has 1 amide bonds. The molecule has 154 valence electrons. The van der Waals surface area contributed by atoms with Gasteiger partial charge >= 0.3 is 0 Å². The number of carbonyl (C=O) groups is 1. The van der Waals surface area contributed by atoms with Crippen LogP contribution in [-0.2, 0) is 5.75 Å². The third-order valence-electron chi connectivity index (χ3n) is 5.34. The number of para-hydroxylation sites is 1. The highest BCUT2D eigenvalue weighted by Gasteiger charge is 2.21. The third kappa shape index (κ3) is 4.99. The van der Waals surface area contributed by atoms with Gasteiger partial charge in [-0.3, -0.25) is 4.79 Å². The fraction of sp³-hybridized carbons (Fsp3) is 0.476. The maximum atomic E-state index is 12.9. The summed E-state index contributed by atoms with van der Waals surface area (Å²) >= 11 is 3.15. The van der Waals surface area contributed by atoms with Crippen molar-refractivity contribution in [2.24, 2.45) is 5.92 Å². The highest BCUT2D eigenvalue weighted by Crippen LogP contribution is 2.33. The number of nitrogens with one attached hydrogen (secondary N) is 1. The Hall–Kier alpha value is -1.90. The van der Waals surface area contributed by atoms with Crippen LogP contribution in [0.5, 0.6) is 0 Å². The average Bonchev–Trinajstić information content (AvgIpc) is 3.31. The number of hydrogen-bond acceptors (Lipinski definition) is 7. The normalized spacial score (nSPS) is 15.8. The molecular weight excluding hydrogens is 404 g/mol. The molecule has 1 N–H and O–H groups in total. The second-order valence-electron chi connectivity index (χ2n) is 7.56. The Morgan fingerprint density at radius 2 is 2.10 bits per heavy atom. The summed E-state index contributed by atoms with van der Waals surface area (Å²) in [5.41, 5.74) is 1.66. The molecule has 0 saturated carbocycles. The summed E-state index contributed by atoms with van der Waals surface area (Å²) in [6, 6.07) is 7.81. The molecule has 4 rings (SSSR count). The van der Waals surface area contributed by atoms with Gasteiger partial charge in [0.25, 0.3) is 5.91 Å². The van der Waals surface area contributed by atoms with Crippen LogP contribution < -0.4 is 5.32 Å². The molecule has 3 heterocycles. The quantitative estimate of drug-likeness (QED) is 0.562. The van der Waals surface area contributed by atoms with Crippen LogP contribution in [0.25, 0.3) is 11.0 Å². The molecule has 1 aliphatic heterocycles.